The number of pyridine rings is 2. The molecule has 0 aromatic carbocycles. The smallest absolute Gasteiger partial charge is 0.270 e. The van der Waals surface area contributed by atoms with Gasteiger partial charge in [-0.25, -0.2) is 19.6 Å². The Morgan fingerprint density at radius 1 is 1.00 bits per heavy atom. The number of H-pyrrole nitrogens is 1. The summed E-state index contributed by atoms with van der Waals surface area (Å²) in [5, 5.41) is 14.6. The number of aryl methyl sites for hydroxylation is 4. The van der Waals surface area contributed by atoms with E-state index in [-0.39, 0.29) is 11.9 Å². The lowest BCUT2D eigenvalue weighted by atomic mass is 10.1. The molecule has 10 nitrogen and oxygen atoms in total. The van der Waals surface area contributed by atoms with Crippen molar-refractivity contribution in [2.24, 2.45) is 0 Å². The van der Waals surface area contributed by atoms with Gasteiger partial charge in [-0.1, -0.05) is 6.07 Å². The van der Waals surface area contributed by atoms with E-state index < -0.39 is 0 Å². The fourth-order valence-electron chi connectivity index (χ4n) is 4.21. The van der Waals surface area contributed by atoms with Crippen molar-refractivity contribution < 1.29 is 4.79 Å². The molecular weight excluding hydrogens is 478 g/mol. The molecule has 38 heavy (non-hydrogen) atoms. The van der Waals surface area contributed by atoms with E-state index in [0.717, 1.165) is 50.8 Å². The van der Waals surface area contributed by atoms with E-state index in [1.165, 1.54) is 0 Å². The Balaban J connectivity index is 1.29. The second kappa shape index (κ2) is 10.3. The van der Waals surface area contributed by atoms with Crippen LogP contribution in [0.4, 0.5) is 0 Å². The van der Waals surface area contributed by atoms with Crippen LogP contribution in [0.15, 0.2) is 55.1 Å². The predicted molar refractivity (Wildman–Crippen MR) is 143 cm³/mol. The largest absolute Gasteiger partial charge is 0.344 e. The molecule has 0 aliphatic heterocycles. The van der Waals surface area contributed by atoms with Crippen molar-refractivity contribution in [3.8, 4) is 17.2 Å². The normalized spacial score (nSPS) is 11.9. The lowest BCUT2D eigenvalue weighted by molar-refractivity contribution is 0.0934. The van der Waals surface area contributed by atoms with Crippen LogP contribution in [-0.4, -0.2) is 45.8 Å². The molecule has 5 aromatic heterocycles. The Bertz CT molecular complexity index is 1600. The summed E-state index contributed by atoms with van der Waals surface area (Å²) in [6.45, 7) is 9.66. The van der Waals surface area contributed by atoms with E-state index in [1.807, 2.05) is 71.1 Å². The first-order valence-corrected chi connectivity index (χ1v) is 12.4. The highest BCUT2D eigenvalue weighted by atomic mass is 16.1. The fourth-order valence-corrected chi connectivity index (χ4v) is 4.21. The third-order valence-electron chi connectivity index (χ3n) is 6.14. The lowest BCUT2D eigenvalue weighted by Gasteiger charge is -2.15. The third-order valence-corrected chi connectivity index (χ3v) is 6.14. The zero-order valence-electron chi connectivity index (χ0n) is 22.0. The zero-order chi connectivity index (χ0) is 26.8. The highest BCUT2D eigenvalue weighted by molar-refractivity contribution is 5.94. The van der Waals surface area contributed by atoms with Crippen LogP contribution < -0.4 is 5.32 Å². The first-order chi connectivity index (χ1) is 18.2. The molecular formula is C28H29N9O. The highest BCUT2D eigenvalue weighted by Crippen LogP contribution is 2.20. The van der Waals surface area contributed by atoms with Gasteiger partial charge in [0, 0.05) is 42.0 Å². The number of hydrogen-bond donors (Lipinski definition) is 2. The number of aromatic amines is 1. The standard InChI is InChI=1S/C28H29N9O/c1-16-12-31-37(15-16)25-7-6-21(13-29-25)20(5)33-28(38)26-17(2)8-22(14-30-26)27-32-18(3)9-23(34-27)11-24-10-19(4)35-36-24/h6-10,12-15,20H,11H2,1-5H3,(H,33,38)(H,35,36)/t20-/m0/s1. The summed E-state index contributed by atoms with van der Waals surface area (Å²) >= 11 is 0. The quantitative estimate of drug-likeness (QED) is 0.339. The monoisotopic (exact) mass is 507 g/mol. The van der Waals surface area contributed by atoms with Crippen molar-refractivity contribution in [2.45, 2.75) is 47.1 Å². The van der Waals surface area contributed by atoms with E-state index >= 15 is 0 Å². The maximum absolute atomic E-state index is 13.1. The van der Waals surface area contributed by atoms with Crippen LogP contribution in [0.3, 0.4) is 0 Å². The molecule has 0 radical (unpaired) electrons. The zero-order valence-corrected chi connectivity index (χ0v) is 22.0. The highest BCUT2D eigenvalue weighted by Gasteiger charge is 2.17. The first-order valence-electron chi connectivity index (χ1n) is 12.4. The predicted octanol–water partition coefficient (Wildman–Crippen LogP) is 4.16. The van der Waals surface area contributed by atoms with Gasteiger partial charge in [-0.2, -0.15) is 10.2 Å². The average Bonchev–Trinajstić information content (AvgIpc) is 3.51. The van der Waals surface area contributed by atoms with Crippen LogP contribution in [0.25, 0.3) is 17.2 Å². The fraction of sp³-hybridized carbons (Fsp3) is 0.250. The summed E-state index contributed by atoms with van der Waals surface area (Å²) in [5.74, 6) is 1.03. The molecule has 5 heterocycles. The topological polar surface area (TPSA) is 127 Å². The summed E-state index contributed by atoms with van der Waals surface area (Å²) in [6, 6.07) is 9.41. The van der Waals surface area contributed by atoms with Gasteiger partial charge >= 0.3 is 0 Å². The van der Waals surface area contributed by atoms with Crippen LogP contribution >= 0.6 is 0 Å². The van der Waals surface area contributed by atoms with Crippen LogP contribution in [0.5, 0.6) is 0 Å². The van der Waals surface area contributed by atoms with Crippen molar-refractivity contribution in [3.05, 3.63) is 100 Å². The minimum absolute atomic E-state index is 0.252. The number of hydrogen-bond acceptors (Lipinski definition) is 7. The molecule has 0 saturated carbocycles. The number of rotatable bonds is 7. The van der Waals surface area contributed by atoms with Crippen LogP contribution in [0, 0.1) is 27.7 Å². The van der Waals surface area contributed by atoms with Gasteiger partial charge in [-0.3, -0.25) is 14.9 Å². The maximum Gasteiger partial charge on any atom is 0.270 e. The Morgan fingerprint density at radius 3 is 2.50 bits per heavy atom. The van der Waals surface area contributed by atoms with Gasteiger partial charge in [-0.15, -0.1) is 0 Å². The van der Waals surface area contributed by atoms with Gasteiger partial charge in [0.2, 0.25) is 0 Å². The molecule has 0 fully saturated rings. The van der Waals surface area contributed by atoms with Crippen molar-refractivity contribution in [1.29, 1.82) is 0 Å². The molecule has 0 spiro atoms. The molecule has 0 saturated heterocycles. The Labute approximate surface area is 220 Å². The molecule has 1 amide bonds. The van der Waals surface area contributed by atoms with E-state index in [0.29, 0.717) is 17.9 Å². The Morgan fingerprint density at radius 2 is 1.84 bits per heavy atom. The van der Waals surface area contributed by atoms with Gasteiger partial charge < -0.3 is 5.32 Å². The van der Waals surface area contributed by atoms with Gasteiger partial charge in [0.25, 0.3) is 5.91 Å². The average molecular weight is 508 g/mol. The number of amides is 1. The van der Waals surface area contributed by atoms with E-state index in [9.17, 15) is 4.79 Å². The third kappa shape index (κ3) is 5.49. The van der Waals surface area contributed by atoms with E-state index in [4.69, 9.17) is 4.98 Å². The van der Waals surface area contributed by atoms with Crippen molar-refractivity contribution in [1.82, 2.24) is 45.2 Å². The van der Waals surface area contributed by atoms with Crippen LogP contribution in [0.2, 0.25) is 0 Å². The van der Waals surface area contributed by atoms with Crippen LogP contribution in [-0.2, 0) is 6.42 Å². The number of carbonyl (C=O) groups excluding carboxylic acids is 1. The minimum Gasteiger partial charge on any atom is -0.344 e. The molecule has 0 aliphatic carbocycles. The maximum atomic E-state index is 13.1. The summed E-state index contributed by atoms with van der Waals surface area (Å²) in [4.78, 5) is 31.3. The number of carbonyl (C=O) groups is 1. The number of nitrogens with zero attached hydrogens (tertiary/aromatic N) is 7. The molecule has 192 valence electrons. The first kappa shape index (κ1) is 24.9. The van der Waals surface area contributed by atoms with E-state index in [1.54, 1.807) is 23.3 Å². The molecule has 0 aliphatic rings. The van der Waals surface area contributed by atoms with E-state index in [2.05, 4.69) is 35.6 Å². The summed E-state index contributed by atoms with van der Waals surface area (Å²) in [6.07, 6.45) is 7.69. The molecule has 5 aromatic rings. The minimum atomic E-state index is -0.256. The van der Waals surface area contributed by atoms with Crippen molar-refractivity contribution in [2.75, 3.05) is 0 Å². The molecule has 0 bridgehead atoms. The second-order valence-electron chi connectivity index (χ2n) is 9.54. The van der Waals surface area contributed by atoms with Gasteiger partial charge in [0.1, 0.15) is 5.69 Å². The number of nitrogens with one attached hydrogen (secondary N) is 2. The Hall–Kier alpha value is -4.73. The van der Waals surface area contributed by atoms with Gasteiger partial charge in [0.15, 0.2) is 11.6 Å². The molecule has 1 atom stereocenters. The van der Waals surface area contributed by atoms with Gasteiger partial charge in [0.05, 0.1) is 23.6 Å². The Kier molecular flexibility index (Phi) is 6.78. The number of aromatic nitrogens is 8. The molecule has 5 rings (SSSR count). The molecule has 2 N–H and O–H groups in total. The molecule has 10 heteroatoms. The summed E-state index contributed by atoms with van der Waals surface area (Å²) in [7, 11) is 0. The lowest BCUT2D eigenvalue weighted by Crippen LogP contribution is -2.28. The van der Waals surface area contributed by atoms with Gasteiger partial charge in [-0.05, 0) is 75.6 Å². The second-order valence-corrected chi connectivity index (χ2v) is 9.54. The van der Waals surface area contributed by atoms with Crippen LogP contribution in [0.1, 0.15) is 62.9 Å². The van der Waals surface area contributed by atoms with Crippen molar-refractivity contribution >= 4 is 5.91 Å². The van der Waals surface area contributed by atoms with Crippen molar-refractivity contribution in [3.63, 3.8) is 0 Å². The summed E-state index contributed by atoms with van der Waals surface area (Å²) < 4.78 is 1.72. The SMILES string of the molecule is Cc1cnn(-c2ccc([C@H](C)NC(=O)c3ncc(-c4nc(C)cc(Cc5cc(C)[nH]n5)n4)cc3C)cn2)c1. The molecule has 0 unspecified atom stereocenters. The summed E-state index contributed by atoms with van der Waals surface area (Å²) in [5.41, 5.74) is 7.44.